The average Bonchev–Trinajstić information content (AvgIpc) is 3.09. The predicted molar refractivity (Wildman–Crippen MR) is 184 cm³/mol. The first-order valence-electron chi connectivity index (χ1n) is 14.8. The molecule has 0 bridgehead atoms. The first-order chi connectivity index (χ1) is 21.8. The van der Waals surface area contributed by atoms with Gasteiger partial charge in [-0.3, -0.25) is 0 Å². The van der Waals surface area contributed by atoms with Crippen LogP contribution in [0.25, 0.3) is 87.6 Å². The van der Waals surface area contributed by atoms with Crippen molar-refractivity contribution in [2.45, 2.75) is 0 Å². The fourth-order valence-corrected chi connectivity index (χ4v) is 6.52. The molecule has 3 heteroatoms. The van der Waals surface area contributed by atoms with Gasteiger partial charge in [0.1, 0.15) is 6.33 Å². The van der Waals surface area contributed by atoms with E-state index in [0.29, 0.717) is 0 Å². The van der Waals surface area contributed by atoms with Gasteiger partial charge in [0.25, 0.3) is 0 Å². The summed E-state index contributed by atoms with van der Waals surface area (Å²) < 4.78 is 0. The van der Waals surface area contributed by atoms with E-state index in [4.69, 9.17) is 4.98 Å². The van der Waals surface area contributed by atoms with E-state index >= 15 is 0 Å². The first kappa shape index (κ1) is 24.6. The third kappa shape index (κ3) is 4.10. The minimum Gasteiger partial charge on any atom is -0.248 e. The van der Waals surface area contributed by atoms with E-state index in [1.165, 1.54) is 43.1 Å². The van der Waals surface area contributed by atoms with Crippen LogP contribution >= 0.6 is 0 Å². The summed E-state index contributed by atoms with van der Waals surface area (Å²) in [6, 6.07) is 50.1. The lowest BCUT2D eigenvalue weighted by atomic mass is 9.93. The Hall–Kier alpha value is -5.93. The van der Waals surface area contributed by atoms with E-state index in [0.717, 1.165) is 44.5 Å². The highest BCUT2D eigenvalue weighted by molar-refractivity contribution is 6.07. The summed E-state index contributed by atoms with van der Waals surface area (Å²) in [7, 11) is 0. The Kier molecular flexibility index (Phi) is 5.50. The summed E-state index contributed by atoms with van der Waals surface area (Å²) >= 11 is 0. The lowest BCUT2D eigenvalue weighted by molar-refractivity contribution is 1.22. The molecule has 0 radical (unpaired) electrons. The second-order valence-corrected chi connectivity index (χ2v) is 11.4. The summed E-state index contributed by atoms with van der Waals surface area (Å²) in [5.74, 6) is 0. The number of pyridine rings is 1. The zero-order valence-corrected chi connectivity index (χ0v) is 23.8. The predicted octanol–water partition coefficient (Wildman–Crippen LogP) is 10.6. The summed E-state index contributed by atoms with van der Waals surface area (Å²) in [4.78, 5) is 14.1. The Morgan fingerprint density at radius 1 is 0.386 bits per heavy atom. The van der Waals surface area contributed by atoms with Crippen molar-refractivity contribution in [1.82, 2.24) is 15.0 Å². The second-order valence-electron chi connectivity index (χ2n) is 11.4. The molecule has 2 heterocycles. The Morgan fingerprint density at radius 3 is 1.52 bits per heavy atom. The highest BCUT2D eigenvalue weighted by Crippen LogP contribution is 2.38. The fraction of sp³-hybridized carbons (Fsp3) is 0. The van der Waals surface area contributed by atoms with Gasteiger partial charge in [0.05, 0.1) is 16.9 Å². The van der Waals surface area contributed by atoms with Crippen LogP contribution < -0.4 is 0 Å². The zero-order valence-electron chi connectivity index (χ0n) is 23.8. The van der Waals surface area contributed by atoms with Crippen molar-refractivity contribution >= 4 is 54.0 Å². The van der Waals surface area contributed by atoms with E-state index in [1.807, 2.05) is 6.20 Å². The highest BCUT2D eigenvalue weighted by atomic mass is 14.8. The van der Waals surface area contributed by atoms with Crippen molar-refractivity contribution in [1.29, 1.82) is 0 Å². The molecule has 0 aliphatic carbocycles. The maximum absolute atomic E-state index is 5.40. The molecule has 0 unspecified atom stereocenters. The van der Waals surface area contributed by atoms with Gasteiger partial charge < -0.3 is 0 Å². The molecule has 44 heavy (non-hydrogen) atoms. The first-order valence-corrected chi connectivity index (χ1v) is 14.8. The lowest BCUT2D eigenvalue weighted by Crippen LogP contribution is -1.93. The van der Waals surface area contributed by atoms with Crippen molar-refractivity contribution in [2.75, 3.05) is 0 Å². The van der Waals surface area contributed by atoms with Crippen LogP contribution in [0.5, 0.6) is 0 Å². The molecule has 0 saturated carbocycles. The molecule has 7 aromatic carbocycles. The van der Waals surface area contributed by atoms with E-state index in [1.54, 1.807) is 6.33 Å². The van der Waals surface area contributed by atoms with Crippen molar-refractivity contribution in [3.05, 3.63) is 152 Å². The number of aromatic nitrogens is 3. The molecule has 0 atom stereocenters. The van der Waals surface area contributed by atoms with Gasteiger partial charge in [0, 0.05) is 22.7 Å². The van der Waals surface area contributed by atoms with Crippen LogP contribution in [-0.2, 0) is 0 Å². The molecular formula is C41H25N3. The van der Waals surface area contributed by atoms with Gasteiger partial charge in [-0.05, 0) is 103 Å². The van der Waals surface area contributed by atoms with Crippen molar-refractivity contribution in [3.8, 4) is 33.6 Å². The van der Waals surface area contributed by atoms with E-state index in [2.05, 4.69) is 149 Å². The van der Waals surface area contributed by atoms with Crippen LogP contribution in [0.3, 0.4) is 0 Å². The normalized spacial score (nSPS) is 11.6. The third-order valence-electron chi connectivity index (χ3n) is 8.71. The topological polar surface area (TPSA) is 38.7 Å². The summed E-state index contributed by atoms with van der Waals surface area (Å²) in [6.45, 7) is 0. The number of rotatable bonds is 3. The molecule has 0 aliphatic heterocycles. The Morgan fingerprint density at radius 2 is 0.932 bits per heavy atom. The van der Waals surface area contributed by atoms with Crippen LogP contribution in [0.1, 0.15) is 0 Å². The van der Waals surface area contributed by atoms with E-state index in [-0.39, 0.29) is 0 Å². The number of fused-ring (bicyclic) bond motifs is 5. The second kappa shape index (κ2) is 9.82. The molecule has 0 saturated heterocycles. The number of benzene rings is 7. The quantitative estimate of drug-likeness (QED) is 0.202. The Bertz CT molecular complexity index is 2430. The Balaban J connectivity index is 1.33. The van der Waals surface area contributed by atoms with Crippen LogP contribution in [-0.4, -0.2) is 15.0 Å². The molecule has 3 nitrogen and oxygen atoms in total. The minimum atomic E-state index is 0.931. The summed E-state index contributed by atoms with van der Waals surface area (Å²) in [5.41, 5.74) is 7.26. The third-order valence-corrected chi connectivity index (χ3v) is 8.71. The maximum atomic E-state index is 5.40. The standard InChI is InChI=1S/C41H25N3/c1-3-9-28-20-37-31(17-26(28)7-1)11-5-13-35(37)40-22-33(30-15-16-39-34(19-30)24-42-25-43-39)23-41(44-40)36-14-6-12-32-18-27-8-2-4-10-29(27)21-38(32)36/h1-25H. The van der Waals surface area contributed by atoms with Crippen molar-refractivity contribution in [3.63, 3.8) is 0 Å². The van der Waals surface area contributed by atoms with E-state index in [9.17, 15) is 0 Å². The fourth-order valence-electron chi connectivity index (χ4n) is 6.52. The molecular weight excluding hydrogens is 534 g/mol. The number of nitrogens with zero attached hydrogens (tertiary/aromatic N) is 3. The molecule has 0 fully saturated rings. The smallest absolute Gasteiger partial charge is 0.116 e. The van der Waals surface area contributed by atoms with Gasteiger partial charge in [-0.25, -0.2) is 15.0 Å². The van der Waals surface area contributed by atoms with Gasteiger partial charge in [0.2, 0.25) is 0 Å². The summed E-state index contributed by atoms with van der Waals surface area (Å²) in [5, 5.41) is 10.7. The molecule has 0 spiro atoms. The maximum Gasteiger partial charge on any atom is 0.116 e. The Labute approximate surface area is 254 Å². The molecule has 204 valence electrons. The van der Waals surface area contributed by atoms with Gasteiger partial charge in [-0.1, -0.05) is 91.0 Å². The largest absolute Gasteiger partial charge is 0.248 e. The minimum absolute atomic E-state index is 0.931. The SMILES string of the molecule is c1ccc2cc3c(-c4cc(-c5ccc6ncncc6c5)cc(-c5cccc6cc7ccccc7cc56)n4)cccc3cc2c1. The van der Waals surface area contributed by atoms with Crippen LogP contribution in [0.15, 0.2) is 152 Å². The number of hydrogen-bond donors (Lipinski definition) is 0. The van der Waals surface area contributed by atoms with Gasteiger partial charge >= 0.3 is 0 Å². The highest BCUT2D eigenvalue weighted by Gasteiger charge is 2.14. The van der Waals surface area contributed by atoms with Gasteiger partial charge in [-0.2, -0.15) is 0 Å². The molecule has 9 aromatic rings. The zero-order chi connectivity index (χ0) is 29.0. The van der Waals surface area contributed by atoms with E-state index < -0.39 is 0 Å². The van der Waals surface area contributed by atoms with Crippen LogP contribution in [0.4, 0.5) is 0 Å². The average molecular weight is 560 g/mol. The molecule has 0 N–H and O–H groups in total. The number of hydrogen-bond acceptors (Lipinski definition) is 3. The van der Waals surface area contributed by atoms with Crippen molar-refractivity contribution < 1.29 is 0 Å². The summed E-state index contributed by atoms with van der Waals surface area (Å²) in [6.07, 6.45) is 3.47. The molecule has 9 rings (SSSR count). The molecule has 0 aliphatic rings. The van der Waals surface area contributed by atoms with Crippen LogP contribution in [0.2, 0.25) is 0 Å². The van der Waals surface area contributed by atoms with Crippen molar-refractivity contribution in [2.24, 2.45) is 0 Å². The lowest BCUT2D eigenvalue weighted by Gasteiger charge is -2.14. The van der Waals surface area contributed by atoms with Gasteiger partial charge in [-0.15, -0.1) is 0 Å². The van der Waals surface area contributed by atoms with Gasteiger partial charge in [0.15, 0.2) is 0 Å². The monoisotopic (exact) mass is 559 g/mol. The molecule has 0 amide bonds. The van der Waals surface area contributed by atoms with Crippen LogP contribution in [0, 0.1) is 0 Å². The molecule has 2 aromatic heterocycles.